The molecular weight excluding hydrogens is 232 g/mol. The lowest BCUT2D eigenvalue weighted by atomic mass is 10.2. The summed E-state index contributed by atoms with van der Waals surface area (Å²) in [5, 5.41) is 0. The van der Waals surface area contributed by atoms with E-state index in [1.165, 1.54) is 0 Å². The van der Waals surface area contributed by atoms with E-state index < -0.39 is 0 Å². The second kappa shape index (κ2) is 8.02. The molecule has 1 aromatic rings. The fourth-order valence-corrected chi connectivity index (χ4v) is 1.72. The van der Waals surface area contributed by atoms with Crippen molar-refractivity contribution in [2.45, 2.75) is 26.4 Å². The summed E-state index contributed by atoms with van der Waals surface area (Å²) in [6, 6.07) is 3.72. The first-order chi connectivity index (χ1) is 8.70. The monoisotopic (exact) mass is 254 g/mol. The SMILES string of the molecule is COCCOCCCn1c(C)ccc(CN)c1=O. The van der Waals surface area contributed by atoms with Crippen LogP contribution >= 0.6 is 0 Å². The van der Waals surface area contributed by atoms with Crippen molar-refractivity contribution < 1.29 is 9.47 Å². The predicted octanol–water partition coefficient (Wildman–Crippen LogP) is 0.669. The van der Waals surface area contributed by atoms with Crippen LogP contribution in [0.2, 0.25) is 0 Å². The fourth-order valence-electron chi connectivity index (χ4n) is 1.72. The summed E-state index contributed by atoms with van der Waals surface area (Å²) in [5.41, 5.74) is 7.14. The third kappa shape index (κ3) is 4.25. The fraction of sp³-hybridized carbons (Fsp3) is 0.615. The highest BCUT2D eigenvalue weighted by Crippen LogP contribution is 1.99. The van der Waals surface area contributed by atoms with Crippen LogP contribution in [0, 0.1) is 6.92 Å². The molecule has 102 valence electrons. The van der Waals surface area contributed by atoms with E-state index in [2.05, 4.69) is 0 Å². The van der Waals surface area contributed by atoms with Gasteiger partial charge in [-0.25, -0.2) is 0 Å². The average molecular weight is 254 g/mol. The number of pyridine rings is 1. The van der Waals surface area contributed by atoms with Gasteiger partial charge >= 0.3 is 0 Å². The number of rotatable bonds is 8. The van der Waals surface area contributed by atoms with Crippen LogP contribution in [-0.4, -0.2) is 31.5 Å². The van der Waals surface area contributed by atoms with Gasteiger partial charge in [0.2, 0.25) is 0 Å². The molecule has 0 bridgehead atoms. The van der Waals surface area contributed by atoms with E-state index >= 15 is 0 Å². The Bertz CT molecular complexity index is 415. The van der Waals surface area contributed by atoms with Crippen LogP contribution in [0.15, 0.2) is 16.9 Å². The lowest BCUT2D eigenvalue weighted by molar-refractivity contribution is 0.0679. The van der Waals surface area contributed by atoms with E-state index in [0.29, 0.717) is 31.9 Å². The molecule has 0 unspecified atom stereocenters. The molecule has 0 atom stereocenters. The van der Waals surface area contributed by atoms with Gasteiger partial charge in [0, 0.05) is 38.1 Å². The number of nitrogens with zero attached hydrogens (tertiary/aromatic N) is 1. The molecule has 5 heteroatoms. The summed E-state index contributed by atoms with van der Waals surface area (Å²) < 4.78 is 12.0. The lowest BCUT2D eigenvalue weighted by Crippen LogP contribution is -2.27. The topological polar surface area (TPSA) is 66.5 Å². The number of methoxy groups -OCH3 is 1. The number of nitrogens with two attached hydrogens (primary N) is 1. The van der Waals surface area contributed by atoms with Gasteiger partial charge in [0.1, 0.15) is 0 Å². The van der Waals surface area contributed by atoms with Crippen LogP contribution in [-0.2, 0) is 22.6 Å². The van der Waals surface area contributed by atoms with E-state index in [-0.39, 0.29) is 12.1 Å². The zero-order valence-corrected chi connectivity index (χ0v) is 11.1. The maximum Gasteiger partial charge on any atom is 0.255 e. The minimum absolute atomic E-state index is 0.00870. The highest BCUT2D eigenvalue weighted by molar-refractivity contribution is 5.15. The Labute approximate surface area is 108 Å². The van der Waals surface area contributed by atoms with Gasteiger partial charge in [-0.15, -0.1) is 0 Å². The van der Waals surface area contributed by atoms with E-state index in [1.807, 2.05) is 13.0 Å². The van der Waals surface area contributed by atoms with E-state index in [1.54, 1.807) is 17.7 Å². The Hall–Kier alpha value is -1.17. The summed E-state index contributed by atoms with van der Waals surface area (Å²) in [5.74, 6) is 0. The molecule has 0 aliphatic rings. The van der Waals surface area contributed by atoms with Crippen molar-refractivity contribution in [1.29, 1.82) is 0 Å². The number of hydrogen-bond donors (Lipinski definition) is 1. The van der Waals surface area contributed by atoms with E-state index in [9.17, 15) is 4.79 Å². The molecule has 0 spiro atoms. The Morgan fingerprint density at radius 2 is 2.06 bits per heavy atom. The van der Waals surface area contributed by atoms with Crippen molar-refractivity contribution in [3.63, 3.8) is 0 Å². The summed E-state index contributed by atoms with van der Waals surface area (Å²) in [4.78, 5) is 12.0. The zero-order chi connectivity index (χ0) is 13.4. The minimum atomic E-state index is 0.00870. The largest absolute Gasteiger partial charge is 0.382 e. The van der Waals surface area contributed by atoms with Gasteiger partial charge < -0.3 is 19.8 Å². The Balaban J connectivity index is 2.49. The first-order valence-corrected chi connectivity index (χ1v) is 6.16. The molecule has 0 radical (unpaired) electrons. The third-order valence-electron chi connectivity index (χ3n) is 2.79. The maximum atomic E-state index is 12.0. The number of ether oxygens (including phenoxy) is 2. The molecule has 0 fully saturated rings. The molecule has 1 rings (SSSR count). The van der Waals surface area contributed by atoms with Gasteiger partial charge in [-0.05, 0) is 19.4 Å². The summed E-state index contributed by atoms with van der Waals surface area (Å²) in [6.45, 7) is 4.68. The standard InChI is InChI=1S/C13H22N2O3/c1-11-4-5-12(10-14)13(16)15(11)6-3-7-18-9-8-17-2/h4-5H,3,6-10,14H2,1-2H3. The van der Waals surface area contributed by atoms with Crippen LogP contribution in [0.1, 0.15) is 17.7 Å². The van der Waals surface area contributed by atoms with Gasteiger partial charge in [-0.3, -0.25) is 4.79 Å². The van der Waals surface area contributed by atoms with Crippen molar-refractivity contribution in [2.75, 3.05) is 26.9 Å². The van der Waals surface area contributed by atoms with Gasteiger partial charge in [0.15, 0.2) is 0 Å². The molecule has 1 heterocycles. The van der Waals surface area contributed by atoms with Crippen LogP contribution in [0.5, 0.6) is 0 Å². The predicted molar refractivity (Wildman–Crippen MR) is 70.6 cm³/mol. The normalized spacial score (nSPS) is 10.8. The zero-order valence-electron chi connectivity index (χ0n) is 11.1. The third-order valence-corrected chi connectivity index (χ3v) is 2.79. The molecule has 0 saturated heterocycles. The second-order valence-electron chi connectivity index (χ2n) is 4.12. The van der Waals surface area contributed by atoms with Crippen LogP contribution in [0.3, 0.4) is 0 Å². The van der Waals surface area contributed by atoms with E-state index in [4.69, 9.17) is 15.2 Å². The molecule has 0 aliphatic heterocycles. The van der Waals surface area contributed by atoms with Crippen molar-refractivity contribution in [3.8, 4) is 0 Å². The summed E-state index contributed by atoms with van der Waals surface area (Å²) >= 11 is 0. The van der Waals surface area contributed by atoms with Crippen molar-refractivity contribution in [1.82, 2.24) is 4.57 Å². The Kier molecular flexibility index (Phi) is 6.64. The van der Waals surface area contributed by atoms with Crippen LogP contribution < -0.4 is 11.3 Å². The van der Waals surface area contributed by atoms with Gasteiger partial charge in [-0.1, -0.05) is 6.07 Å². The minimum Gasteiger partial charge on any atom is -0.382 e. The number of aryl methyl sites for hydroxylation is 1. The highest BCUT2D eigenvalue weighted by atomic mass is 16.5. The van der Waals surface area contributed by atoms with Crippen molar-refractivity contribution in [3.05, 3.63) is 33.7 Å². The van der Waals surface area contributed by atoms with Gasteiger partial charge in [-0.2, -0.15) is 0 Å². The molecule has 18 heavy (non-hydrogen) atoms. The molecular formula is C13H22N2O3. The van der Waals surface area contributed by atoms with E-state index in [0.717, 1.165) is 12.1 Å². The molecule has 0 saturated carbocycles. The highest BCUT2D eigenvalue weighted by Gasteiger charge is 2.04. The Morgan fingerprint density at radius 1 is 1.28 bits per heavy atom. The molecule has 0 amide bonds. The quantitative estimate of drug-likeness (QED) is 0.692. The smallest absolute Gasteiger partial charge is 0.255 e. The molecule has 2 N–H and O–H groups in total. The number of aromatic nitrogens is 1. The molecule has 1 aromatic heterocycles. The van der Waals surface area contributed by atoms with Crippen LogP contribution in [0.25, 0.3) is 0 Å². The van der Waals surface area contributed by atoms with Gasteiger partial charge in [0.05, 0.1) is 13.2 Å². The second-order valence-corrected chi connectivity index (χ2v) is 4.12. The summed E-state index contributed by atoms with van der Waals surface area (Å²) in [6.07, 6.45) is 0.804. The molecule has 5 nitrogen and oxygen atoms in total. The Morgan fingerprint density at radius 3 is 2.72 bits per heavy atom. The van der Waals surface area contributed by atoms with Crippen molar-refractivity contribution >= 4 is 0 Å². The molecule has 0 aliphatic carbocycles. The first-order valence-electron chi connectivity index (χ1n) is 6.16. The van der Waals surface area contributed by atoms with Crippen molar-refractivity contribution in [2.24, 2.45) is 5.73 Å². The molecule has 0 aromatic carbocycles. The maximum absolute atomic E-state index is 12.0. The summed E-state index contributed by atoms with van der Waals surface area (Å²) in [7, 11) is 1.64. The lowest BCUT2D eigenvalue weighted by Gasteiger charge is -2.11. The number of hydrogen-bond acceptors (Lipinski definition) is 4. The first kappa shape index (κ1) is 14.9. The van der Waals surface area contributed by atoms with Crippen LogP contribution in [0.4, 0.5) is 0 Å². The average Bonchev–Trinajstić information content (AvgIpc) is 2.37. The van der Waals surface area contributed by atoms with Gasteiger partial charge in [0.25, 0.3) is 5.56 Å².